The molecular formula is C30H31N5O2. The van der Waals surface area contributed by atoms with Gasteiger partial charge in [0.1, 0.15) is 11.9 Å². The molecule has 4 aromatic rings. The van der Waals surface area contributed by atoms with Crippen molar-refractivity contribution in [3.05, 3.63) is 84.3 Å². The van der Waals surface area contributed by atoms with Crippen LogP contribution in [-0.2, 0) is 22.5 Å². The molecule has 1 atom stereocenters. The second-order valence-corrected chi connectivity index (χ2v) is 9.90. The molecule has 7 heteroatoms. The molecule has 7 nitrogen and oxygen atoms in total. The van der Waals surface area contributed by atoms with Crippen molar-refractivity contribution in [2.24, 2.45) is 0 Å². The lowest BCUT2D eigenvalue weighted by Crippen LogP contribution is -2.46. The molecule has 2 aromatic carbocycles. The van der Waals surface area contributed by atoms with E-state index in [9.17, 15) is 4.79 Å². The Morgan fingerprint density at radius 1 is 0.919 bits per heavy atom. The molecule has 6 rings (SSSR count). The minimum Gasteiger partial charge on any atom is -0.370 e. The molecule has 0 radical (unpaired) electrons. The zero-order valence-corrected chi connectivity index (χ0v) is 20.9. The second kappa shape index (κ2) is 10.7. The Balaban J connectivity index is 1.12. The van der Waals surface area contributed by atoms with Gasteiger partial charge in [-0.1, -0.05) is 36.4 Å². The van der Waals surface area contributed by atoms with E-state index >= 15 is 0 Å². The van der Waals surface area contributed by atoms with Crippen LogP contribution in [0.3, 0.4) is 0 Å². The number of carbonyl (C=O) groups is 1. The molecule has 2 aliphatic rings. The molecule has 1 unspecified atom stereocenters. The SMILES string of the molecule is O=C(Cc1ccc(-c2ccc3ncc(N4CCN(Cc5cccnc5)CC4)nc3c2)cc1)C1CCCO1. The fourth-order valence-corrected chi connectivity index (χ4v) is 5.18. The topological polar surface area (TPSA) is 71.5 Å². The molecule has 0 amide bonds. The fraction of sp³-hybridized carbons (Fsp3) is 0.333. The molecule has 0 bridgehead atoms. The zero-order chi connectivity index (χ0) is 25.0. The molecule has 4 heterocycles. The largest absolute Gasteiger partial charge is 0.370 e. The fourth-order valence-electron chi connectivity index (χ4n) is 5.18. The number of fused-ring (bicyclic) bond motifs is 1. The normalized spacial score (nSPS) is 18.4. The first kappa shape index (κ1) is 23.7. The number of pyridine rings is 1. The summed E-state index contributed by atoms with van der Waals surface area (Å²) in [5.41, 5.74) is 6.25. The van der Waals surface area contributed by atoms with E-state index in [-0.39, 0.29) is 11.9 Å². The highest BCUT2D eigenvalue weighted by molar-refractivity contribution is 5.86. The maximum atomic E-state index is 12.4. The summed E-state index contributed by atoms with van der Waals surface area (Å²) >= 11 is 0. The molecule has 188 valence electrons. The number of hydrogen-bond donors (Lipinski definition) is 0. The van der Waals surface area contributed by atoms with Crippen LogP contribution >= 0.6 is 0 Å². The van der Waals surface area contributed by atoms with E-state index in [1.54, 1.807) is 0 Å². The predicted octanol–water partition coefficient (Wildman–Crippen LogP) is 4.30. The average Bonchev–Trinajstić information content (AvgIpc) is 3.49. The third-order valence-corrected chi connectivity index (χ3v) is 7.31. The Morgan fingerprint density at radius 3 is 2.51 bits per heavy atom. The van der Waals surface area contributed by atoms with E-state index in [0.717, 1.165) is 79.1 Å². The van der Waals surface area contributed by atoms with E-state index in [4.69, 9.17) is 9.72 Å². The lowest BCUT2D eigenvalue weighted by atomic mass is 9.99. The summed E-state index contributed by atoms with van der Waals surface area (Å²) < 4.78 is 5.53. The highest BCUT2D eigenvalue weighted by atomic mass is 16.5. The number of ether oxygens (including phenoxy) is 1. The molecule has 0 N–H and O–H groups in total. The Bertz CT molecular complexity index is 1360. The first-order chi connectivity index (χ1) is 18.2. The Morgan fingerprint density at radius 2 is 1.76 bits per heavy atom. The molecular weight excluding hydrogens is 462 g/mol. The van der Waals surface area contributed by atoms with Gasteiger partial charge in [-0.05, 0) is 53.3 Å². The van der Waals surface area contributed by atoms with E-state index in [0.29, 0.717) is 13.0 Å². The maximum Gasteiger partial charge on any atom is 0.165 e. The first-order valence-corrected chi connectivity index (χ1v) is 13.1. The van der Waals surface area contributed by atoms with Crippen molar-refractivity contribution in [2.45, 2.75) is 31.9 Å². The summed E-state index contributed by atoms with van der Waals surface area (Å²) in [7, 11) is 0. The molecule has 2 saturated heterocycles. The summed E-state index contributed by atoms with van der Waals surface area (Å²) in [4.78, 5) is 31.1. The zero-order valence-electron chi connectivity index (χ0n) is 20.9. The number of carbonyl (C=O) groups excluding carboxylic acids is 1. The minimum absolute atomic E-state index is 0.177. The van der Waals surface area contributed by atoms with Crippen LogP contribution in [0.1, 0.15) is 24.0 Å². The number of Topliss-reactive ketones (excluding diaryl/α,β-unsaturated/α-hetero) is 1. The number of rotatable bonds is 7. The quantitative estimate of drug-likeness (QED) is 0.380. The van der Waals surface area contributed by atoms with Gasteiger partial charge >= 0.3 is 0 Å². The van der Waals surface area contributed by atoms with Crippen LogP contribution in [0.5, 0.6) is 0 Å². The van der Waals surface area contributed by atoms with Crippen LogP contribution in [0.25, 0.3) is 22.2 Å². The van der Waals surface area contributed by atoms with Crippen molar-refractivity contribution in [1.82, 2.24) is 19.9 Å². The van der Waals surface area contributed by atoms with Crippen LogP contribution in [0.2, 0.25) is 0 Å². The summed E-state index contributed by atoms with van der Waals surface area (Å²) in [6.45, 7) is 5.44. The van der Waals surface area contributed by atoms with Crippen LogP contribution in [-0.4, -0.2) is 64.5 Å². The van der Waals surface area contributed by atoms with Gasteiger partial charge in [-0.2, -0.15) is 0 Å². The summed E-state index contributed by atoms with van der Waals surface area (Å²) in [5.74, 6) is 1.10. The number of anilines is 1. The Labute approximate surface area is 217 Å². The third kappa shape index (κ3) is 5.53. The van der Waals surface area contributed by atoms with Gasteiger partial charge in [0.25, 0.3) is 0 Å². The number of piperazine rings is 1. The first-order valence-electron chi connectivity index (χ1n) is 13.1. The second-order valence-electron chi connectivity index (χ2n) is 9.90. The van der Waals surface area contributed by atoms with Gasteiger partial charge in [0, 0.05) is 58.1 Å². The Hall–Kier alpha value is -3.68. The lowest BCUT2D eigenvalue weighted by molar-refractivity contribution is -0.127. The highest BCUT2D eigenvalue weighted by Gasteiger charge is 2.23. The molecule has 2 fully saturated rings. The molecule has 0 spiro atoms. The summed E-state index contributed by atoms with van der Waals surface area (Å²) in [5, 5.41) is 0. The van der Waals surface area contributed by atoms with Gasteiger partial charge in [0.2, 0.25) is 0 Å². The number of benzene rings is 2. The molecule has 2 aliphatic heterocycles. The van der Waals surface area contributed by atoms with Gasteiger partial charge in [-0.25, -0.2) is 4.98 Å². The van der Waals surface area contributed by atoms with Gasteiger partial charge in [0.05, 0.1) is 17.2 Å². The molecule has 0 aliphatic carbocycles. The number of nitrogens with zero attached hydrogens (tertiary/aromatic N) is 5. The average molecular weight is 494 g/mol. The number of aromatic nitrogens is 3. The van der Waals surface area contributed by atoms with Crippen LogP contribution in [0, 0.1) is 0 Å². The molecule has 2 aromatic heterocycles. The van der Waals surface area contributed by atoms with Crippen molar-refractivity contribution in [1.29, 1.82) is 0 Å². The standard InChI is InChI=1S/C30H31N5O2/c36-28(29-4-2-16-37-29)17-22-5-7-24(8-6-22)25-9-10-26-27(18-25)33-30(20-32-26)35-14-12-34(13-15-35)21-23-3-1-11-31-19-23/h1,3,5-11,18-20,29H,2,4,12-17,21H2. The highest BCUT2D eigenvalue weighted by Crippen LogP contribution is 2.26. The van der Waals surface area contributed by atoms with Gasteiger partial charge in [-0.15, -0.1) is 0 Å². The summed E-state index contributed by atoms with van der Waals surface area (Å²) in [6, 6.07) is 18.6. The smallest absolute Gasteiger partial charge is 0.165 e. The van der Waals surface area contributed by atoms with E-state index in [1.165, 1.54) is 5.56 Å². The van der Waals surface area contributed by atoms with Crippen molar-refractivity contribution in [3.8, 4) is 11.1 Å². The van der Waals surface area contributed by atoms with Crippen molar-refractivity contribution in [2.75, 3.05) is 37.7 Å². The van der Waals surface area contributed by atoms with Gasteiger partial charge < -0.3 is 9.64 Å². The van der Waals surface area contributed by atoms with E-state index < -0.39 is 0 Å². The number of ketones is 1. The van der Waals surface area contributed by atoms with E-state index in [2.05, 4.69) is 50.1 Å². The van der Waals surface area contributed by atoms with Crippen molar-refractivity contribution >= 4 is 22.6 Å². The van der Waals surface area contributed by atoms with Crippen LogP contribution < -0.4 is 4.90 Å². The monoisotopic (exact) mass is 493 g/mol. The van der Waals surface area contributed by atoms with Gasteiger partial charge in [0.15, 0.2) is 5.78 Å². The minimum atomic E-state index is -0.225. The van der Waals surface area contributed by atoms with Crippen LogP contribution in [0.15, 0.2) is 73.2 Å². The summed E-state index contributed by atoms with van der Waals surface area (Å²) in [6.07, 6.45) is 7.67. The lowest BCUT2D eigenvalue weighted by Gasteiger charge is -2.35. The molecule has 0 saturated carbocycles. The Kier molecular flexibility index (Phi) is 6.88. The van der Waals surface area contributed by atoms with Crippen LogP contribution in [0.4, 0.5) is 5.82 Å². The van der Waals surface area contributed by atoms with Crippen molar-refractivity contribution in [3.63, 3.8) is 0 Å². The predicted molar refractivity (Wildman–Crippen MR) is 144 cm³/mol. The van der Waals surface area contributed by atoms with Gasteiger partial charge in [-0.3, -0.25) is 19.7 Å². The van der Waals surface area contributed by atoms with Crippen molar-refractivity contribution < 1.29 is 9.53 Å². The number of hydrogen-bond acceptors (Lipinski definition) is 7. The maximum absolute atomic E-state index is 12.4. The van der Waals surface area contributed by atoms with E-state index in [1.807, 2.05) is 42.9 Å². The third-order valence-electron chi connectivity index (χ3n) is 7.31. The molecule has 37 heavy (non-hydrogen) atoms.